The van der Waals surface area contributed by atoms with Crippen molar-refractivity contribution in [2.24, 2.45) is 5.92 Å². The number of benzene rings is 1. The third-order valence-electron chi connectivity index (χ3n) is 6.17. The summed E-state index contributed by atoms with van der Waals surface area (Å²) < 4.78 is 35.3. The van der Waals surface area contributed by atoms with E-state index < -0.39 is 16.1 Å². The molecule has 11 nitrogen and oxygen atoms in total. The summed E-state index contributed by atoms with van der Waals surface area (Å²) in [5.74, 6) is -0.336. The van der Waals surface area contributed by atoms with Crippen LogP contribution >= 0.6 is 0 Å². The second kappa shape index (κ2) is 11.7. The minimum Gasteiger partial charge on any atom is -0.394 e. The minimum absolute atomic E-state index is 0.0349. The maximum atomic E-state index is 13.2. The summed E-state index contributed by atoms with van der Waals surface area (Å²) in [7, 11) is -2.37. The number of fused-ring (bicyclic) bond motifs is 2. The van der Waals surface area contributed by atoms with E-state index in [4.69, 9.17) is 10.00 Å². The van der Waals surface area contributed by atoms with Crippen LogP contribution in [0.5, 0.6) is 0 Å². The number of ether oxygens (including phenoxy) is 1. The smallest absolute Gasteiger partial charge is 0.242 e. The lowest BCUT2D eigenvalue weighted by Gasteiger charge is -2.35. The second-order valence-corrected chi connectivity index (χ2v) is 10.9. The maximum Gasteiger partial charge on any atom is 0.242 e. The highest BCUT2D eigenvalue weighted by Crippen LogP contribution is 2.21. The van der Waals surface area contributed by atoms with Gasteiger partial charge < -0.3 is 14.7 Å². The number of sulfonamides is 1. The lowest BCUT2D eigenvalue weighted by atomic mass is 10.0. The monoisotopic (exact) mass is 504 g/mol. The molecule has 1 aliphatic heterocycles. The molecule has 1 aromatic heterocycles. The quantitative estimate of drug-likeness (QED) is 0.614. The molecule has 1 amide bonds. The largest absolute Gasteiger partial charge is 0.394 e. The first-order chi connectivity index (χ1) is 16.6. The Morgan fingerprint density at radius 3 is 2.71 bits per heavy atom. The number of rotatable bonds is 6. The van der Waals surface area contributed by atoms with Gasteiger partial charge in [-0.3, -0.25) is 9.48 Å². The van der Waals surface area contributed by atoms with Gasteiger partial charge in [0.1, 0.15) is 5.69 Å². The average molecular weight is 505 g/mol. The highest BCUT2D eigenvalue weighted by atomic mass is 32.2. The zero-order valence-corrected chi connectivity index (χ0v) is 21.1. The van der Waals surface area contributed by atoms with Gasteiger partial charge >= 0.3 is 0 Å². The van der Waals surface area contributed by atoms with Gasteiger partial charge in [0.15, 0.2) is 0 Å². The van der Waals surface area contributed by atoms with Gasteiger partial charge in [0.05, 0.1) is 48.1 Å². The Morgan fingerprint density at radius 2 is 2.06 bits per heavy atom. The number of aromatic nitrogens is 3. The van der Waals surface area contributed by atoms with Crippen LogP contribution in [-0.2, 0) is 32.7 Å². The van der Waals surface area contributed by atoms with Gasteiger partial charge in [-0.2, -0.15) is 9.57 Å². The number of carbonyl (C=O) groups excluding carboxylic acids is 1. The zero-order valence-electron chi connectivity index (χ0n) is 20.2. The number of likely N-dealkylation sites (N-methyl/N-ethyl adjacent to an activating group) is 1. The molecule has 2 heterocycles. The van der Waals surface area contributed by atoms with Crippen molar-refractivity contribution in [2.45, 2.75) is 56.9 Å². The summed E-state index contributed by atoms with van der Waals surface area (Å²) in [4.78, 5) is 14.7. The van der Waals surface area contributed by atoms with Crippen LogP contribution < -0.4 is 0 Å². The second-order valence-electron chi connectivity index (χ2n) is 8.90. The standard InChI is InChI=1S/C23H32N6O5S/c1-17-12-29(18(2)15-30)23(31)5-4-10-28-13-20(25-26-28)16-34-22(17)14-27(3)35(32,33)21-8-6-19(11-24)7-9-21/h6-9,13,17-18,22,30H,4-5,10,12,14-16H2,1-3H3/t17-,18-,22-/m0/s1. The molecule has 0 aliphatic carbocycles. The fourth-order valence-corrected chi connectivity index (χ4v) is 5.11. The van der Waals surface area contributed by atoms with Crippen molar-refractivity contribution >= 4 is 15.9 Å². The third-order valence-corrected chi connectivity index (χ3v) is 8.01. The van der Waals surface area contributed by atoms with E-state index >= 15 is 0 Å². The van der Waals surface area contributed by atoms with E-state index in [0.29, 0.717) is 37.2 Å². The van der Waals surface area contributed by atoms with E-state index in [-0.39, 0.29) is 42.5 Å². The summed E-state index contributed by atoms with van der Waals surface area (Å²) in [6.45, 7) is 4.52. The van der Waals surface area contributed by atoms with Crippen molar-refractivity contribution in [1.29, 1.82) is 5.26 Å². The molecule has 1 aliphatic rings. The molecule has 0 radical (unpaired) electrons. The van der Waals surface area contributed by atoms with Gasteiger partial charge in [-0.15, -0.1) is 5.10 Å². The highest BCUT2D eigenvalue weighted by molar-refractivity contribution is 7.89. The average Bonchev–Trinajstić information content (AvgIpc) is 3.31. The van der Waals surface area contributed by atoms with E-state index in [1.54, 1.807) is 22.7 Å². The van der Waals surface area contributed by atoms with Crippen molar-refractivity contribution in [3.05, 3.63) is 41.7 Å². The number of aliphatic hydroxyl groups excluding tert-OH is 1. The van der Waals surface area contributed by atoms with Gasteiger partial charge in [-0.1, -0.05) is 12.1 Å². The predicted octanol–water partition coefficient (Wildman–Crippen LogP) is 0.995. The van der Waals surface area contributed by atoms with Crippen molar-refractivity contribution in [2.75, 3.05) is 26.7 Å². The predicted molar refractivity (Wildman–Crippen MR) is 126 cm³/mol. The van der Waals surface area contributed by atoms with Crippen LogP contribution in [0.1, 0.15) is 37.9 Å². The Kier molecular flexibility index (Phi) is 8.96. The summed E-state index contributed by atoms with van der Waals surface area (Å²) in [5, 5.41) is 26.9. The van der Waals surface area contributed by atoms with Crippen LogP contribution in [0.2, 0.25) is 0 Å². The molecule has 3 rings (SSSR count). The Labute approximate surface area is 205 Å². The van der Waals surface area contributed by atoms with Crippen LogP contribution in [0, 0.1) is 17.2 Å². The van der Waals surface area contributed by atoms with Gasteiger partial charge in [-0.05, 0) is 37.6 Å². The molecule has 12 heteroatoms. The number of hydrogen-bond donors (Lipinski definition) is 1. The van der Waals surface area contributed by atoms with Crippen LogP contribution in [-0.4, -0.2) is 82.5 Å². The highest BCUT2D eigenvalue weighted by Gasteiger charge is 2.31. The Bertz CT molecular complexity index is 1140. The molecule has 2 bridgehead atoms. The van der Waals surface area contributed by atoms with Gasteiger partial charge in [0.25, 0.3) is 0 Å². The molecule has 0 fully saturated rings. The molecule has 1 aromatic carbocycles. The first-order valence-electron chi connectivity index (χ1n) is 11.5. The maximum absolute atomic E-state index is 13.2. The summed E-state index contributed by atoms with van der Waals surface area (Å²) in [6, 6.07) is 7.32. The fraction of sp³-hybridized carbons (Fsp3) is 0.565. The van der Waals surface area contributed by atoms with Crippen molar-refractivity contribution in [3.63, 3.8) is 0 Å². The van der Waals surface area contributed by atoms with Crippen LogP contribution in [0.4, 0.5) is 0 Å². The molecule has 0 spiro atoms. The molecule has 2 aromatic rings. The number of nitrogens with zero attached hydrogens (tertiary/aromatic N) is 6. The first-order valence-corrected chi connectivity index (χ1v) is 13.0. The Morgan fingerprint density at radius 1 is 1.34 bits per heavy atom. The molecular formula is C23H32N6O5S. The van der Waals surface area contributed by atoms with Crippen molar-refractivity contribution in [3.8, 4) is 6.07 Å². The first kappa shape index (κ1) is 26.7. The van der Waals surface area contributed by atoms with E-state index in [1.807, 2.05) is 13.0 Å². The van der Waals surface area contributed by atoms with Crippen molar-refractivity contribution < 1.29 is 23.1 Å². The van der Waals surface area contributed by atoms with Crippen LogP contribution in [0.25, 0.3) is 0 Å². The topological polar surface area (TPSA) is 142 Å². The summed E-state index contributed by atoms with van der Waals surface area (Å²) >= 11 is 0. The Balaban J connectivity index is 1.85. The summed E-state index contributed by atoms with van der Waals surface area (Å²) in [6.07, 6.45) is 2.07. The van der Waals surface area contributed by atoms with Crippen LogP contribution in [0.3, 0.4) is 0 Å². The fourth-order valence-electron chi connectivity index (χ4n) is 3.93. The summed E-state index contributed by atoms with van der Waals surface area (Å²) in [5.41, 5.74) is 0.987. The number of hydrogen-bond acceptors (Lipinski definition) is 8. The number of carbonyl (C=O) groups is 1. The molecular weight excluding hydrogens is 472 g/mol. The van der Waals surface area contributed by atoms with Gasteiger partial charge in [0.2, 0.25) is 15.9 Å². The van der Waals surface area contributed by atoms with Gasteiger partial charge in [0, 0.05) is 39.0 Å². The molecule has 190 valence electrons. The third kappa shape index (κ3) is 6.64. The molecule has 1 N–H and O–H groups in total. The lowest BCUT2D eigenvalue weighted by Crippen LogP contribution is -2.47. The molecule has 0 unspecified atom stereocenters. The number of aliphatic hydroxyl groups is 1. The van der Waals surface area contributed by atoms with E-state index in [9.17, 15) is 18.3 Å². The minimum atomic E-state index is -3.84. The van der Waals surface area contributed by atoms with Crippen LogP contribution in [0.15, 0.2) is 35.4 Å². The number of amides is 1. The number of nitriles is 1. The van der Waals surface area contributed by atoms with Crippen molar-refractivity contribution in [1.82, 2.24) is 24.2 Å². The molecule has 0 saturated heterocycles. The zero-order chi connectivity index (χ0) is 25.6. The SMILES string of the molecule is C[C@H]1CN([C@@H](C)CO)C(=O)CCCn2cc(nn2)CO[C@H]1CN(C)S(=O)(=O)c1ccc(C#N)cc1. The number of aryl methyl sites for hydroxylation is 1. The Hall–Kier alpha value is -2.85. The molecule has 35 heavy (non-hydrogen) atoms. The molecule has 3 atom stereocenters. The van der Waals surface area contributed by atoms with E-state index in [1.165, 1.54) is 35.6 Å². The lowest BCUT2D eigenvalue weighted by molar-refractivity contribution is -0.136. The van der Waals surface area contributed by atoms with Gasteiger partial charge in [-0.25, -0.2) is 8.42 Å². The van der Waals surface area contributed by atoms with E-state index in [2.05, 4.69) is 10.3 Å². The normalized spacial score (nSPS) is 21.0. The molecule has 0 saturated carbocycles. The van der Waals surface area contributed by atoms with E-state index in [0.717, 1.165) is 0 Å².